The second-order valence-corrected chi connectivity index (χ2v) is 3.62. The van der Waals surface area contributed by atoms with Crippen molar-refractivity contribution in [3.63, 3.8) is 0 Å². The van der Waals surface area contributed by atoms with Crippen LogP contribution in [-0.2, 0) is 0 Å². The van der Waals surface area contributed by atoms with Gasteiger partial charge in [-0.1, -0.05) is 19.9 Å². The Morgan fingerprint density at radius 2 is 2.00 bits per heavy atom. The smallest absolute Gasteiger partial charge is 0.169 e. The van der Waals surface area contributed by atoms with Crippen LogP contribution in [0.1, 0.15) is 30.6 Å². The number of carbonyl (C=O) groups excluding carboxylic acids is 1. The van der Waals surface area contributed by atoms with E-state index in [-0.39, 0.29) is 23.7 Å². The molecule has 0 saturated carbocycles. The van der Waals surface area contributed by atoms with Crippen LogP contribution in [0, 0.1) is 17.6 Å². The van der Waals surface area contributed by atoms with Crippen LogP contribution in [0.4, 0.5) is 8.78 Å². The van der Waals surface area contributed by atoms with Gasteiger partial charge in [0.15, 0.2) is 17.4 Å². The Labute approximate surface area is 81.7 Å². The highest BCUT2D eigenvalue weighted by Gasteiger charge is 2.15. The molecule has 0 atom stereocenters. The maximum Gasteiger partial charge on any atom is 0.169 e. The van der Waals surface area contributed by atoms with E-state index in [0.717, 1.165) is 6.07 Å². The fourth-order valence-electron chi connectivity index (χ4n) is 1.20. The van der Waals surface area contributed by atoms with Gasteiger partial charge in [-0.05, 0) is 18.1 Å². The lowest BCUT2D eigenvalue weighted by Gasteiger charge is -2.05. The fourth-order valence-corrected chi connectivity index (χ4v) is 1.20. The average Bonchev–Trinajstić information content (AvgIpc) is 2.08. The molecule has 3 heteroatoms. The molecule has 0 aliphatic heterocycles. The van der Waals surface area contributed by atoms with E-state index < -0.39 is 11.6 Å². The summed E-state index contributed by atoms with van der Waals surface area (Å²) in [5.41, 5.74) is -0.154. The molecule has 0 N–H and O–H groups in total. The largest absolute Gasteiger partial charge is 0.294 e. The molecule has 0 aromatic heterocycles. The van der Waals surface area contributed by atoms with E-state index in [9.17, 15) is 13.6 Å². The van der Waals surface area contributed by atoms with Crippen molar-refractivity contribution < 1.29 is 13.6 Å². The number of carbonyl (C=O) groups is 1. The molecule has 1 aromatic rings. The van der Waals surface area contributed by atoms with Crippen molar-refractivity contribution in [2.45, 2.75) is 20.3 Å². The predicted molar refractivity (Wildman–Crippen MR) is 50.1 cm³/mol. The van der Waals surface area contributed by atoms with Gasteiger partial charge in [0.2, 0.25) is 0 Å². The van der Waals surface area contributed by atoms with Crippen LogP contribution in [0.5, 0.6) is 0 Å². The lowest BCUT2D eigenvalue weighted by Crippen LogP contribution is -2.07. The van der Waals surface area contributed by atoms with Crippen LogP contribution in [0.15, 0.2) is 18.2 Å². The Morgan fingerprint density at radius 1 is 1.36 bits per heavy atom. The molecule has 14 heavy (non-hydrogen) atoms. The summed E-state index contributed by atoms with van der Waals surface area (Å²) < 4.78 is 25.9. The lowest BCUT2D eigenvalue weighted by atomic mass is 10.0. The van der Waals surface area contributed by atoms with Gasteiger partial charge in [-0.3, -0.25) is 4.79 Å². The van der Waals surface area contributed by atoms with Gasteiger partial charge in [-0.15, -0.1) is 0 Å². The molecule has 0 fully saturated rings. The second-order valence-electron chi connectivity index (χ2n) is 3.62. The van der Waals surface area contributed by atoms with Crippen LogP contribution >= 0.6 is 0 Å². The monoisotopic (exact) mass is 198 g/mol. The maximum absolute atomic E-state index is 13.1. The van der Waals surface area contributed by atoms with Crippen molar-refractivity contribution in [1.29, 1.82) is 0 Å². The molecule has 76 valence electrons. The van der Waals surface area contributed by atoms with Crippen LogP contribution in [0.25, 0.3) is 0 Å². The lowest BCUT2D eigenvalue weighted by molar-refractivity contribution is 0.0963. The molecule has 0 amide bonds. The van der Waals surface area contributed by atoms with Gasteiger partial charge in [-0.25, -0.2) is 8.78 Å². The zero-order valence-electron chi connectivity index (χ0n) is 8.18. The first-order chi connectivity index (χ1) is 6.52. The minimum absolute atomic E-state index is 0.144. The third kappa shape index (κ3) is 2.37. The highest BCUT2D eigenvalue weighted by atomic mass is 19.2. The molecule has 0 saturated heterocycles. The Kier molecular flexibility index (Phi) is 3.33. The normalized spacial score (nSPS) is 10.6. The molecule has 0 aliphatic carbocycles. The minimum Gasteiger partial charge on any atom is -0.294 e. The van der Waals surface area contributed by atoms with Gasteiger partial charge in [0.25, 0.3) is 0 Å². The highest BCUT2D eigenvalue weighted by Crippen LogP contribution is 2.15. The summed E-state index contributed by atoms with van der Waals surface area (Å²) in [7, 11) is 0. The van der Waals surface area contributed by atoms with E-state index in [2.05, 4.69) is 0 Å². The Balaban J connectivity index is 2.96. The summed E-state index contributed by atoms with van der Waals surface area (Å²) in [5, 5.41) is 0. The SMILES string of the molecule is CC(C)CC(=O)c1cccc(F)c1F. The van der Waals surface area contributed by atoms with E-state index in [1.807, 2.05) is 13.8 Å². The average molecular weight is 198 g/mol. The van der Waals surface area contributed by atoms with Crippen molar-refractivity contribution in [1.82, 2.24) is 0 Å². The third-order valence-corrected chi connectivity index (χ3v) is 1.85. The first-order valence-corrected chi connectivity index (χ1v) is 4.49. The van der Waals surface area contributed by atoms with Gasteiger partial charge in [0, 0.05) is 6.42 Å². The van der Waals surface area contributed by atoms with Crippen LogP contribution in [-0.4, -0.2) is 5.78 Å². The Hall–Kier alpha value is -1.25. The van der Waals surface area contributed by atoms with Crippen molar-refractivity contribution in [3.05, 3.63) is 35.4 Å². The summed E-state index contributed by atoms with van der Waals surface area (Å²) in [6, 6.07) is 3.65. The topological polar surface area (TPSA) is 17.1 Å². The van der Waals surface area contributed by atoms with Crippen LogP contribution < -0.4 is 0 Å². The molecule has 0 bridgehead atoms. The zero-order chi connectivity index (χ0) is 10.7. The van der Waals surface area contributed by atoms with Gasteiger partial charge >= 0.3 is 0 Å². The third-order valence-electron chi connectivity index (χ3n) is 1.85. The molecule has 0 radical (unpaired) electrons. The molecule has 0 unspecified atom stereocenters. The summed E-state index contributed by atoms with van der Waals surface area (Å²) in [6.45, 7) is 3.71. The van der Waals surface area contributed by atoms with Crippen LogP contribution in [0.3, 0.4) is 0 Å². The van der Waals surface area contributed by atoms with E-state index in [1.54, 1.807) is 0 Å². The fraction of sp³-hybridized carbons (Fsp3) is 0.364. The number of hydrogen-bond acceptors (Lipinski definition) is 1. The van der Waals surface area contributed by atoms with E-state index >= 15 is 0 Å². The number of rotatable bonds is 3. The van der Waals surface area contributed by atoms with E-state index in [4.69, 9.17) is 0 Å². The molecule has 0 aliphatic rings. The number of hydrogen-bond donors (Lipinski definition) is 0. The molecule has 0 spiro atoms. The molecule has 1 rings (SSSR count). The standard InChI is InChI=1S/C11H12F2O/c1-7(2)6-10(14)8-4-3-5-9(12)11(8)13/h3-5,7H,6H2,1-2H3. The molecule has 0 heterocycles. The molecular weight excluding hydrogens is 186 g/mol. The van der Waals surface area contributed by atoms with Crippen molar-refractivity contribution in [2.75, 3.05) is 0 Å². The molecule has 1 nitrogen and oxygen atoms in total. The van der Waals surface area contributed by atoms with Crippen LogP contribution in [0.2, 0.25) is 0 Å². The van der Waals surface area contributed by atoms with Gasteiger partial charge in [0.05, 0.1) is 5.56 Å². The molecular formula is C11H12F2O. The maximum atomic E-state index is 13.1. The first kappa shape index (κ1) is 10.8. The quantitative estimate of drug-likeness (QED) is 0.681. The summed E-state index contributed by atoms with van der Waals surface area (Å²) in [5.74, 6) is -2.22. The second kappa shape index (κ2) is 4.31. The van der Waals surface area contributed by atoms with Gasteiger partial charge in [-0.2, -0.15) is 0 Å². The van der Waals surface area contributed by atoms with E-state index in [0.29, 0.717) is 0 Å². The van der Waals surface area contributed by atoms with E-state index in [1.165, 1.54) is 12.1 Å². The van der Waals surface area contributed by atoms with Crippen molar-refractivity contribution >= 4 is 5.78 Å². The Morgan fingerprint density at radius 3 is 2.57 bits per heavy atom. The summed E-state index contributed by atoms with van der Waals surface area (Å²) in [4.78, 5) is 11.4. The summed E-state index contributed by atoms with van der Waals surface area (Å²) in [6.07, 6.45) is 0.236. The molecule has 1 aromatic carbocycles. The van der Waals surface area contributed by atoms with Gasteiger partial charge in [0.1, 0.15) is 0 Å². The predicted octanol–water partition coefficient (Wildman–Crippen LogP) is 3.19. The number of Topliss-reactive ketones (excluding diaryl/α,β-unsaturated/α-hetero) is 1. The zero-order valence-corrected chi connectivity index (χ0v) is 8.18. The van der Waals surface area contributed by atoms with Crippen molar-refractivity contribution in [3.8, 4) is 0 Å². The summed E-state index contributed by atoms with van der Waals surface area (Å²) >= 11 is 0. The highest BCUT2D eigenvalue weighted by molar-refractivity contribution is 5.96. The number of halogens is 2. The Bertz CT molecular complexity index is 345. The minimum atomic E-state index is -1.04. The first-order valence-electron chi connectivity index (χ1n) is 4.49. The number of benzene rings is 1. The van der Waals surface area contributed by atoms with Gasteiger partial charge < -0.3 is 0 Å². The number of ketones is 1. The van der Waals surface area contributed by atoms with Crippen molar-refractivity contribution in [2.24, 2.45) is 5.92 Å².